The maximum absolute atomic E-state index is 2.52. The van der Waals surface area contributed by atoms with Gasteiger partial charge in [0.15, 0.2) is 0 Å². The lowest BCUT2D eigenvalue weighted by Crippen LogP contribution is -2.21. The zero-order chi connectivity index (χ0) is 36.2. The molecule has 256 valence electrons. The number of hydrogen-bond donors (Lipinski definition) is 0. The molecule has 0 unspecified atom stereocenters. The van der Waals surface area contributed by atoms with Gasteiger partial charge in [0.1, 0.15) is 0 Å². The summed E-state index contributed by atoms with van der Waals surface area (Å²) in [5, 5.41) is 5.00. The molecule has 1 aliphatic carbocycles. The highest BCUT2D eigenvalue weighted by molar-refractivity contribution is 6.08. The number of anilines is 3. The molecule has 9 aromatic rings. The van der Waals surface area contributed by atoms with Gasteiger partial charge >= 0.3 is 0 Å². The van der Waals surface area contributed by atoms with Crippen LogP contribution in [0.15, 0.2) is 200 Å². The molecule has 54 heavy (non-hydrogen) atoms. The summed E-state index contributed by atoms with van der Waals surface area (Å²) in [6, 6.07) is 73.3. The van der Waals surface area contributed by atoms with E-state index in [1.807, 2.05) is 0 Å². The molecule has 10 rings (SSSR count). The van der Waals surface area contributed by atoms with Crippen LogP contribution in [-0.4, -0.2) is 0 Å². The van der Waals surface area contributed by atoms with E-state index in [-0.39, 0.29) is 5.41 Å². The van der Waals surface area contributed by atoms with Crippen LogP contribution in [0.2, 0.25) is 0 Å². The van der Waals surface area contributed by atoms with Gasteiger partial charge < -0.3 is 4.90 Å². The van der Waals surface area contributed by atoms with E-state index in [1.165, 1.54) is 82.9 Å². The van der Waals surface area contributed by atoms with Crippen molar-refractivity contribution < 1.29 is 0 Å². The molecular weight excluding hydrogens is 651 g/mol. The minimum absolute atomic E-state index is 0.211. The van der Waals surface area contributed by atoms with Gasteiger partial charge in [0, 0.05) is 22.2 Å². The number of benzene rings is 9. The molecule has 0 fully saturated rings. The van der Waals surface area contributed by atoms with Crippen LogP contribution in [0.25, 0.3) is 66.1 Å². The number of rotatable bonds is 6. The molecule has 0 aliphatic heterocycles. The Balaban J connectivity index is 1.21. The molecule has 1 aliphatic rings. The average molecular weight is 690 g/mol. The van der Waals surface area contributed by atoms with Crippen LogP contribution in [0.4, 0.5) is 17.1 Å². The van der Waals surface area contributed by atoms with Crippen LogP contribution < -0.4 is 4.90 Å². The highest BCUT2D eigenvalue weighted by Gasteiger charge is 2.40. The van der Waals surface area contributed by atoms with Gasteiger partial charge in [-0.1, -0.05) is 184 Å². The van der Waals surface area contributed by atoms with Crippen molar-refractivity contribution in [3.63, 3.8) is 0 Å². The summed E-state index contributed by atoms with van der Waals surface area (Å²) in [4.78, 5) is 2.52. The first-order valence-corrected chi connectivity index (χ1v) is 18.9. The van der Waals surface area contributed by atoms with Gasteiger partial charge in [0.2, 0.25) is 0 Å². The third-order valence-electron chi connectivity index (χ3n) is 11.4. The number of hydrogen-bond acceptors (Lipinski definition) is 1. The van der Waals surface area contributed by atoms with Crippen molar-refractivity contribution in [1.82, 2.24) is 0 Å². The Hall–Kier alpha value is -6.70. The molecule has 0 atom stereocenters. The Morgan fingerprint density at radius 2 is 0.926 bits per heavy atom. The Kier molecular flexibility index (Phi) is 7.56. The first-order chi connectivity index (χ1) is 26.6. The Bertz CT molecular complexity index is 2830. The van der Waals surface area contributed by atoms with E-state index >= 15 is 0 Å². The van der Waals surface area contributed by atoms with Crippen LogP contribution in [0.5, 0.6) is 0 Å². The van der Waals surface area contributed by atoms with Crippen molar-refractivity contribution in [2.45, 2.75) is 19.3 Å². The van der Waals surface area contributed by atoms with Crippen molar-refractivity contribution in [2.75, 3.05) is 4.90 Å². The first-order valence-electron chi connectivity index (χ1n) is 18.9. The molecule has 0 spiro atoms. The second-order valence-electron chi connectivity index (χ2n) is 14.9. The third-order valence-corrected chi connectivity index (χ3v) is 11.4. The van der Waals surface area contributed by atoms with E-state index in [2.05, 4.69) is 219 Å². The largest absolute Gasteiger partial charge is 0.310 e. The van der Waals surface area contributed by atoms with E-state index in [1.54, 1.807) is 0 Å². The van der Waals surface area contributed by atoms with Gasteiger partial charge in [-0.05, 0) is 102 Å². The van der Waals surface area contributed by atoms with Crippen LogP contribution >= 0.6 is 0 Å². The molecule has 0 radical (unpaired) electrons. The van der Waals surface area contributed by atoms with Crippen LogP contribution in [0.3, 0.4) is 0 Å². The molecule has 0 N–H and O–H groups in total. The van der Waals surface area contributed by atoms with Crippen molar-refractivity contribution in [1.29, 1.82) is 0 Å². The second-order valence-corrected chi connectivity index (χ2v) is 14.9. The zero-order valence-corrected chi connectivity index (χ0v) is 30.5. The highest BCUT2D eigenvalue weighted by atomic mass is 15.1. The van der Waals surface area contributed by atoms with E-state index < -0.39 is 0 Å². The molecule has 0 bridgehead atoms. The van der Waals surface area contributed by atoms with E-state index in [0.717, 1.165) is 11.4 Å². The maximum Gasteiger partial charge on any atom is 0.0587 e. The van der Waals surface area contributed by atoms with E-state index in [9.17, 15) is 0 Å². The number of fused-ring (bicyclic) bond motifs is 5. The molecule has 0 heterocycles. The predicted octanol–water partition coefficient (Wildman–Crippen LogP) is 14.8. The fourth-order valence-corrected chi connectivity index (χ4v) is 8.90. The summed E-state index contributed by atoms with van der Waals surface area (Å²) < 4.78 is 0. The summed E-state index contributed by atoms with van der Waals surface area (Å²) in [6.07, 6.45) is 0. The van der Waals surface area contributed by atoms with E-state index in [4.69, 9.17) is 0 Å². The predicted molar refractivity (Wildman–Crippen MR) is 230 cm³/mol. The third kappa shape index (κ3) is 5.16. The smallest absolute Gasteiger partial charge is 0.0587 e. The minimum Gasteiger partial charge on any atom is -0.310 e. The summed E-state index contributed by atoms with van der Waals surface area (Å²) in [7, 11) is 0. The molecule has 9 aromatic carbocycles. The van der Waals surface area contributed by atoms with Crippen molar-refractivity contribution >= 4 is 38.6 Å². The monoisotopic (exact) mass is 689 g/mol. The van der Waals surface area contributed by atoms with Gasteiger partial charge in [-0.25, -0.2) is 0 Å². The Labute approximate surface area is 317 Å². The molecule has 0 aromatic heterocycles. The Morgan fingerprint density at radius 1 is 0.370 bits per heavy atom. The Morgan fingerprint density at radius 3 is 1.67 bits per heavy atom. The van der Waals surface area contributed by atoms with Gasteiger partial charge in [0.05, 0.1) is 5.69 Å². The van der Waals surface area contributed by atoms with Crippen molar-refractivity contribution in [3.05, 3.63) is 211 Å². The summed E-state index contributed by atoms with van der Waals surface area (Å²) in [5.74, 6) is 0. The quantitative estimate of drug-likeness (QED) is 0.168. The van der Waals surface area contributed by atoms with E-state index in [0.29, 0.717) is 0 Å². The lowest BCUT2D eigenvalue weighted by molar-refractivity contribution is 0.661. The van der Waals surface area contributed by atoms with Crippen LogP contribution in [0, 0.1) is 0 Å². The van der Waals surface area contributed by atoms with Gasteiger partial charge in [-0.3, -0.25) is 0 Å². The number of nitrogens with zero attached hydrogens (tertiary/aromatic N) is 1. The fraction of sp³-hybridized carbons (Fsp3) is 0.0566. The lowest BCUT2D eigenvalue weighted by atomic mass is 9.80. The van der Waals surface area contributed by atoms with Gasteiger partial charge in [0.25, 0.3) is 0 Å². The normalized spacial score (nSPS) is 12.8. The standard InChI is InChI=1S/C53H39N/c1-53(2)49-29-12-11-26-47(49)48-35-41-20-9-10-25-46(41)52(51(48)53)54(43-24-13-23-40(34-43)36-16-5-3-6-17-36)42-32-30-38(31-33-42)45-28-15-22-39-21-14-27-44(50(39)45)37-18-7-4-8-19-37/h3-35H,1-2H3. The van der Waals surface area contributed by atoms with Crippen molar-refractivity contribution in [3.8, 4) is 44.5 Å². The molecular formula is C53H39N. The molecule has 0 saturated heterocycles. The topological polar surface area (TPSA) is 3.24 Å². The average Bonchev–Trinajstić information content (AvgIpc) is 3.46. The van der Waals surface area contributed by atoms with Crippen LogP contribution in [-0.2, 0) is 5.41 Å². The summed E-state index contributed by atoms with van der Waals surface area (Å²) in [5.41, 5.74) is 15.9. The lowest BCUT2D eigenvalue weighted by Gasteiger charge is -2.33. The molecule has 0 amide bonds. The maximum atomic E-state index is 2.52. The molecule has 1 heteroatoms. The van der Waals surface area contributed by atoms with Gasteiger partial charge in [-0.15, -0.1) is 0 Å². The van der Waals surface area contributed by atoms with Gasteiger partial charge in [-0.2, -0.15) is 0 Å². The summed E-state index contributed by atoms with van der Waals surface area (Å²) in [6.45, 7) is 4.78. The highest BCUT2D eigenvalue weighted by Crippen LogP contribution is 2.56. The van der Waals surface area contributed by atoms with Crippen molar-refractivity contribution in [2.24, 2.45) is 0 Å². The minimum atomic E-state index is -0.211. The zero-order valence-electron chi connectivity index (χ0n) is 30.5. The second kappa shape index (κ2) is 12.8. The summed E-state index contributed by atoms with van der Waals surface area (Å²) >= 11 is 0. The fourth-order valence-electron chi connectivity index (χ4n) is 8.90. The van der Waals surface area contributed by atoms with Crippen LogP contribution in [0.1, 0.15) is 25.0 Å². The first kappa shape index (κ1) is 32.0. The molecule has 1 nitrogen and oxygen atoms in total. The SMILES string of the molecule is CC1(C)c2ccccc2-c2cc3ccccc3c(N(c3ccc(-c4cccc5cccc(-c6ccccc6)c45)cc3)c3cccc(-c4ccccc4)c3)c21. The molecule has 0 saturated carbocycles.